The van der Waals surface area contributed by atoms with Crippen molar-refractivity contribution in [1.82, 2.24) is 4.98 Å². The molecule has 3 aromatic carbocycles. The zero-order chi connectivity index (χ0) is 22.9. The summed E-state index contributed by atoms with van der Waals surface area (Å²) in [7, 11) is 0. The van der Waals surface area contributed by atoms with E-state index < -0.39 is 29.4 Å². The number of H-pyrrole nitrogens is 1. The molecule has 2 N–H and O–H groups in total. The summed E-state index contributed by atoms with van der Waals surface area (Å²) in [5.74, 6) is -4.25. The van der Waals surface area contributed by atoms with Crippen LogP contribution in [0.3, 0.4) is 0 Å². The summed E-state index contributed by atoms with van der Waals surface area (Å²) in [6.45, 7) is 0. The number of nitrogens with one attached hydrogen (secondary N) is 1. The Hall–Kier alpha value is -4.29. The number of hydrogen-bond donors (Lipinski definition) is 2. The summed E-state index contributed by atoms with van der Waals surface area (Å²) in [4.78, 5) is 40.6. The maximum atomic E-state index is 12.1. The second-order valence-electron chi connectivity index (χ2n) is 7.86. The molecule has 6 nitrogen and oxygen atoms in total. The lowest BCUT2D eigenvalue weighted by Crippen LogP contribution is -2.22. The molecule has 0 radical (unpaired) electrons. The largest absolute Gasteiger partial charge is 0.384 e. The van der Waals surface area contributed by atoms with Crippen molar-refractivity contribution >= 4 is 34.4 Å². The SMILES string of the molecule is O=C1C(=O)C(O)C(c2ccc(-c3ccc(N(c4ccccc4)c4ccccc4)cc3)[nH]2)C1=O. The summed E-state index contributed by atoms with van der Waals surface area (Å²) in [6, 6.07) is 31.4. The zero-order valence-electron chi connectivity index (χ0n) is 17.5. The molecule has 0 saturated heterocycles. The number of benzene rings is 3. The summed E-state index contributed by atoms with van der Waals surface area (Å²) in [5.41, 5.74) is 4.96. The number of aromatic nitrogens is 1. The first kappa shape index (κ1) is 20.6. The normalized spacial score (nSPS) is 18.0. The molecule has 4 aromatic rings. The van der Waals surface area contributed by atoms with Crippen LogP contribution in [-0.4, -0.2) is 33.5 Å². The van der Waals surface area contributed by atoms with Crippen LogP contribution in [0.5, 0.6) is 0 Å². The number of nitrogens with zero attached hydrogens (tertiary/aromatic N) is 1. The molecule has 5 rings (SSSR count). The molecule has 1 fully saturated rings. The Kier molecular flexibility index (Phi) is 5.20. The van der Waals surface area contributed by atoms with E-state index in [-0.39, 0.29) is 0 Å². The number of anilines is 3. The Morgan fingerprint density at radius 1 is 0.636 bits per heavy atom. The predicted molar refractivity (Wildman–Crippen MR) is 125 cm³/mol. The van der Waals surface area contributed by atoms with E-state index in [9.17, 15) is 19.5 Å². The molecular formula is C27H20N2O4. The molecule has 1 aromatic heterocycles. The molecule has 1 aliphatic rings. The molecule has 0 amide bonds. The van der Waals surface area contributed by atoms with E-state index in [2.05, 4.69) is 9.88 Å². The number of hydrogen-bond acceptors (Lipinski definition) is 5. The Balaban J connectivity index is 1.46. The van der Waals surface area contributed by atoms with Gasteiger partial charge in [0.2, 0.25) is 11.6 Å². The van der Waals surface area contributed by atoms with Crippen LogP contribution in [0.1, 0.15) is 11.6 Å². The lowest BCUT2D eigenvalue weighted by Gasteiger charge is -2.25. The van der Waals surface area contributed by atoms with E-state index in [4.69, 9.17) is 0 Å². The van der Waals surface area contributed by atoms with Crippen LogP contribution in [0.4, 0.5) is 17.1 Å². The van der Waals surface area contributed by atoms with Gasteiger partial charge in [0.1, 0.15) is 6.10 Å². The monoisotopic (exact) mass is 436 g/mol. The number of aliphatic hydroxyl groups excluding tert-OH is 1. The number of rotatable bonds is 5. The van der Waals surface area contributed by atoms with Crippen LogP contribution in [0.15, 0.2) is 97.1 Å². The maximum Gasteiger partial charge on any atom is 0.267 e. The molecular weight excluding hydrogens is 416 g/mol. The van der Waals surface area contributed by atoms with Crippen LogP contribution in [0.2, 0.25) is 0 Å². The summed E-state index contributed by atoms with van der Waals surface area (Å²) in [5, 5.41) is 10.0. The highest BCUT2D eigenvalue weighted by Gasteiger charge is 2.49. The van der Waals surface area contributed by atoms with Gasteiger partial charge in [-0.3, -0.25) is 14.4 Å². The van der Waals surface area contributed by atoms with Crippen molar-refractivity contribution in [1.29, 1.82) is 0 Å². The minimum Gasteiger partial charge on any atom is -0.384 e. The average Bonchev–Trinajstić information content (AvgIpc) is 3.41. The Morgan fingerprint density at radius 3 is 1.70 bits per heavy atom. The van der Waals surface area contributed by atoms with Gasteiger partial charge in [-0.25, -0.2) is 0 Å². The standard InChI is InChI=1S/C27H20N2O4/c30-24-23(25(31)27(33)26(24)32)22-16-15-21(28-22)17-11-13-20(14-12-17)29(18-7-3-1-4-8-18)19-9-5-2-6-10-19/h1-16,23-24,28,30H. The fourth-order valence-electron chi connectivity index (χ4n) is 4.16. The zero-order valence-corrected chi connectivity index (χ0v) is 17.5. The maximum absolute atomic E-state index is 12.1. The van der Waals surface area contributed by atoms with Gasteiger partial charge in [-0.2, -0.15) is 0 Å². The first-order valence-electron chi connectivity index (χ1n) is 10.5. The van der Waals surface area contributed by atoms with Gasteiger partial charge in [0.15, 0.2) is 0 Å². The number of ketones is 3. The number of aromatic amines is 1. The van der Waals surface area contributed by atoms with Crippen molar-refractivity contribution in [2.45, 2.75) is 12.0 Å². The topological polar surface area (TPSA) is 90.5 Å². The molecule has 6 heteroatoms. The Morgan fingerprint density at radius 2 is 1.18 bits per heavy atom. The van der Waals surface area contributed by atoms with E-state index in [1.54, 1.807) is 12.1 Å². The second kappa shape index (κ2) is 8.33. The van der Waals surface area contributed by atoms with Gasteiger partial charge in [-0.1, -0.05) is 48.5 Å². The van der Waals surface area contributed by atoms with Crippen LogP contribution < -0.4 is 4.90 Å². The van der Waals surface area contributed by atoms with Crippen molar-refractivity contribution in [3.8, 4) is 11.3 Å². The summed E-state index contributed by atoms with van der Waals surface area (Å²) < 4.78 is 0. The smallest absolute Gasteiger partial charge is 0.267 e. The number of carbonyl (C=O) groups excluding carboxylic acids is 3. The van der Waals surface area contributed by atoms with Crippen molar-refractivity contribution in [2.75, 3.05) is 4.90 Å². The molecule has 0 spiro atoms. The number of carbonyl (C=O) groups is 3. The van der Waals surface area contributed by atoms with E-state index in [1.165, 1.54) is 0 Å². The Bertz CT molecular complexity index is 1290. The quantitative estimate of drug-likeness (QED) is 0.455. The van der Waals surface area contributed by atoms with Gasteiger partial charge < -0.3 is 15.0 Å². The molecule has 2 atom stereocenters. The van der Waals surface area contributed by atoms with Crippen molar-refractivity contribution < 1.29 is 19.5 Å². The van der Waals surface area contributed by atoms with Crippen LogP contribution >= 0.6 is 0 Å². The molecule has 0 aliphatic heterocycles. The highest BCUT2D eigenvalue weighted by Crippen LogP contribution is 2.35. The van der Waals surface area contributed by atoms with Gasteiger partial charge in [-0.15, -0.1) is 0 Å². The van der Waals surface area contributed by atoms with E-state index in [0.717, 1.165) is 22.6 Å². The lowest BCUT2D eigenvalue weighted by atomic mass is 10.0. The summed E-state index contributed by atoms with van der Waals surface area (Å²) >= 11 is 0. The minimum atomic E-state index is -1.64. The average molecular weight is 436 g/mol. The van der Waals surface area contributed by atoms with Gasteiger partial charge in [0, 0.05) is 28.5 Å². The highest BCUT2D eigenvalue weighted by molar-refractivity contribution is 6.69. The fourth-order valence-corrected chi connectivity index (χ4v) is 4.16. The van der Waals surface area contributed by atoms with Crippen LogP contribution in [-0.2, 0) is 14.4 Å². The molecule has 1 heterocycles. The Labute approximate surface area is 190 Å². The van der Waals surface area contributed by atoms with Gasteiger partial charge in [-0.05, 0) is 54.1 Å². The molecule has 0 bridgehead atoms. The molecule has 2 unspecified atom stereocenters. The third-order valence-electron chi connectivity index (χ3n) is 5.82. The second-order valence-corrected chi connectivity index (χ2v) is 7.86. The van der Waals surface area contributed by atoms with Gasteiger partial charge >= 0.3 is 0 Å². The van der Waals surface area contributed by atoms with E-state index >= 15 is 0 Å². The third kappa shape index (κ3) is 3.66. The van der Waals surface area contributed by atoms with E-state index in [1.807, 2.05) is 84.9 Å². The number of Topliss-reactive ketones (excluding diaryl/α,β-unsaturated/α-hetero) is 3. The molecule has 162 valence electrons. The highest BCUT2D eigenvalue weighted by atomic mass is 16.3. The van der Waals surface area contributed by atoms with E-state index in [0.29, 0.717) is 11.4 Å². The van der Waals surface area contributed by atoms with Crippen molar-refractivity contribution in [2.24, 2.45) is 0 Å². The first-order valence-corrected chi connectivity index (χ1v) is 10.5. The minimum absolute atomic E-state index is 0.348. The van der Waals surface area contributed by atoms with Crippen molar-refractivity contribution in [3.63, 3.8) is 0 Å². The van der Waals surface area contributed by atoms with Crippen molar-refractivity contribution in [3.05, 3.63) is 103 Å². The number of aliphatic hydroxyl groups is 1. The predicted octanol–water partition coefficient (Wildman–Crippen LogP) is 4.32. The molecule has 1 aliphatic carbocycles. The van der Waals surface area contributed by atoms with Crippen LogP contribution in [0.25, 0.3) is 11.3 Å². The van der Waals surface area contributed by atoms with Gasteiger partial charge in [0.25, 0.3) is 5.78 Å². The van der Waals surface area contributed by atoms with Crippen LogP contribution in [0, 0.1) is 0 Å². The molecule has 1 saturated carbocycles. The first-order chi connectivity index (χ1) is 16.0. The summed E-state index contributed by atoms with van der Waals surface area (Å²) in [6.07, 6.45) is -1.64. The molecule has 33 heavy (non-hydrogen) atoms. The lowest BCUT2D eigenvalue weighted by molar-refractivity contribution is -0.141. The number of para-hydroxylation sites is 2. The third-order valence-corrected chi connectivity index (χ3v) is 5.82. The fraction of sp³-hybridized carbons (Fsp3) is 0.0741. The van der Waals surface area contributed by atoms with Gasteiger partial charge in [0.05, 0.1) is 5.92 Å².